The Balaban J connectivity index is 1.23. The van der Waals surface area contributed by atoms with E-state index in [1.54, 1.807) is 48.5 Å². The van der Waals surface area contributed by atoms with E-state index in [0.717, 1.165) is 31.2 Å². The van der Waals surface area contributed by atoms with Crippen LogP contribution < -0.4 is 21.3 Å². The van der Waals surface area contributed by atoms with Gasteiger partial charge in [0.25, 0.3) is 11.8 Å². The molecule has 0 atom stereocenters. The van der Waals surface area contributed by atoms with E-state index < -0.39 is 0 Å². The zero-order valence-electron chi connectivity index (χ0n) is 20.3. The van der Waals surface area contributed by atoms with Gasteiger partial charge in [-0.1, -0.05) is 55.7 Å². The van der Waals surface area contributed by atoms with E-state index in [0.29, 0.717) is 29.0 Å². The van der Waals surface area contributed by atoms with Crippen LogP contribution in [0.3, 0.4) is 0 Å². The molecule has 1 fully saturated rings. The number of hydrogen-bond donors (Lipinski definition) is 4. The van der Waals surface area contributed by atoms with Gasteiger partial charge in [-0.3, -0.25) is 14.4 Å². The zero-order valence-corrected chi connectivity index (χ0v) is 20.3. The first-order valence-corrected chi connectivity index (χ1v) is 12.4. The van der Waals surface area contributed by atoms with Crippen LogP contribution in [0.4, 0.5) is 11.4 Å². The zero-order chi connectivity index (χ0) is 25.2. The van der Waals surface area contributed by atoms with Crippen molar-refractivity contribution < 1.29 is 14.4 Å². The maximum absolute atomic E-state index is 12.5. The smallest absolute Gasteiger partial charge is 0.251 e. The second-order valence-corrected chi connectivity index (χ2v) is 9.04. The third-order valence-corrected chi connectivity index (χ3v) is 6.24. The second kappa shape index (κ2) is 12.5. The average molecular weight is 485 g/mol. The summed E-state index contributed by atoms with van der Waals surface area (Å²) in [5.41, 5.74) is 3.41. The molecule has 0 spiro atoms. The predicted octanol–water partition coefficient (Wildman–Crippen LogP) is 4.73. The Bertz CT molecular complexity index is 1170. The summed E-state index contributed by atoms with van der Waals surface area (Å²) < 4.78 is 0. The average Bonchev–Trinajstić information content (AvgIpc) is 2.92. The highest BCUT2D eigenvalue weighted by Gasteiger charge is 2.16. The van der Waals surface area contributed by atoms with E-state index in [1.807, 2.05) is 30.3 Å². The number of carbonyl (C=O) groups excluding carboxylic acids is 3. The van der Waals surface area contributed by atoms with Gasteiger partial charge in [0.15, 0.2) is 0 Å². The van der Waals surface area contributed by atoms with Gasteiger partial charge in [-0.2, -0.15) is 0 Å². The fraction of sp³-hybridized carbons (Fsp3) is 0.276. The number of carbonyl (C=O) groups is 3. The minimum atomic E-state index is -0.228. The SMILES string of the molecule is O=C(CNc1cccc(C(=O)NCc2ccccc2)c1)Nc1ccc(C(=O)NC2CCCCC2)cc1. The molecule has 3 aromatic rings. The summed E-state index contributed by atoms with van der Waals surface area (Å²) in [6, 6.07) is 23.9. The molecule has 0 unspecified atom stereocenters. The molecule has 0 bridgehead atoms. The van der Waals surface area contributed by atoms with Crippen molar-refractivity contribution >= 4 is 29.1 Å². The molecule has 0 saturated heterocycles. The molecule has 1 saturated carbocycles. The molecule has 0 aliphatic heterocycles. The molecule has 3 aromatic carbocycles. The summed E-state index contributed by atoms with van der Waals surface area (Å²) >= 11 is 0. The van der Waals surface area contributed by atoms with Crippen molar-refractivity contribution in [3.05, 3.63) is 95.6 Å². The van der Waals surface area contributed by atoms with E-state index in [2.05, 4.69) is 21.3 Å². The standard InChI is InChI=1S/C29H32N4O3/c34-27(32-25-16-14-22(15-17-25)29(36)33-24-11-5-2-6-12-24)20-30-26-13-7-10-23(18-26)28(35)31-19-21-8-3-1-4-9-21/h1,3-4,7-10,13-18,24,30H,2,5-6,11-12,19-20H2,(H,31,35)(H,32,34)(H,33,36). The number of hydrogen-bond acceptors (Lipinski definition) is 4. The summed E-state index contributed by atoms with van der Waals surface area (Å²) in [6.07, 6.45) is 5.64. The minimum Gasteiger partial charge on any atom is -0.376 e. The fourth-order valence-corrected chi connectivity index (χ4v) is 4.26. The summed E-state index contributed by atoms with van der Waals surface area (Å²) in [5.74, 6) is -0.484. The molecule has 0 aromatic heterocycles. The van der Waals surface area contributed by atoms with E-state index >= 15 is 0 Å². The molecule has 7 nitrogen and oxygen atoms in total. The van der Waals surface area contributed by atoms with Gasteiger partial charge >= 0.3 is 0 Å². The number of rotatable bonds is 9. The summed E-state index contributed by atoms with van der Waals surface area (Å²) in [5, 5.41) is 11.9. The molecule has 36 heavy (non-hydrogen) atoms. The van der Waals surface area contributed by atoms with Crippen molar-refractivity contribution in [2.45, 2.75) is 44.7 Å². The van der Waals surface area contributed by atoms with Crippen LogP contribution in [0.2, 0.25) is 0 Å². The maximum atomic E-state index is 12.5. The van der Waals surface area contributed by atoms with Crippen molar-refractivity contribution in [3.63, 3.8) is 0 Å². The van der Waals surface area contributed by atoms with E-state index in [-0.39, 0.29) is 30.3 Å². The van der Waals surface area contributed by atoms with Gasteiger partial charge in [0.05, 0.1) is 6.54 Å². The monoisotopic (exact) mass is 484 g/mol. The van der Waals surface area contributed by atoms with E-state index in [9.17, 15) is 14.4 Å². The van der Waals surface area contributed by atoms with Gasteiger partial charge in [-0.05, 0) is 60.9 Å². The first kappa shape index (κ1) is 25.0. The summed E-state index contributed by atoms with van der Waals surface area (Å²) in [7, 11) is 0. The number of nitrogens with one attached hydrogen (secondary N) is 4. The lowest BCUT2D eigenvalue weighted by molar-refractivity contribution is -0.114. The van der Waals surface area contributed by atoms with Gasteiger partial charge in [0, 0.05) is 35.1 Å². The van der Waals surface area contributed by atoms with Crippen LogP contribution in [0.1, 0.15) is 58.4 Å². The third-order valence-electron chi connectivity index (χ3n) is 6.24. The molecule has 7 heteroatoms. The Morgan fingerprint density at radius 2 is 1.47 bits per heavy atom. The first-order valence-electron chi connectivity index (χ1n) is 12.4. The quantitative estimate of drug-likeness (QED) is 0.353. The van der Waals surface area contributed by atoms with Crippen LogP contribution in [0.5, 0.6) is 0 Å². The van der Waals surface area contributed by atoms with Crippen molar-refractivity contribution in [2.75, 3.05) is 17.2 Å². The van der Waals surface area contributed by atoms with Gasteiger partial charge in [-0.15, -0.1) is 0 Å². The molecule has 0 heterocycles. The van der Waals surface area contributed by atoms with Crippen LogP contribution in [0, 0.1) is 0 Å². The highest BCUT2D eigenvalue weighted by molar-refractivity contribution is 5.97. The Morgan fingerprint density at radius 1 is 0.722 bits per heavy atom. The number of amides is 3. The van der Waals surface area contributed by atoms with Gasteiger partial charge in [0.2, 0.25) is 5.91 Å². The van der Waals surface area contributed by atoms with E-state index in [1.165, 1.54) is 6.42 Å². The maximum Gasteiger partial charge on any atom is 0.251 e. The molecule has 0 radical (unpaired) electrons. The van der Waals surface area contributed by atoms with Crippen molar-refractivity contribution in [1.82, 2.24) is 10.6 Å². The predicted molar refractivity (Wildman–Crippen MR) is 142 cm³/mol. The number of anilines is 2. The van der Waals surface area contributed by atoms with Crippen LogP contribution in [-0.4, -0.2) is 30.3 Å². The molecule has 1 aliphatic rings. The highest BCUT2D eigenvalue weighted by atomic mass is 16.2. The second-order valence-electron chi connectivity index (χ2n) is 9.04. The van der Waals surface area contributed by atoms with Crippen LogP contribution in [0.15, 0.2) is 78.9 Å². The van der Waals surface area contributed by atoms with Crippen LogP contribution in [-0.2, 0) is 11.3 Å². The first-order chi connectivity index (χ1) is 17.6. The highest BCUT2D eigenvalue weighted by Crippen LogP contribution is 2.18. The number of benzene rings is 3. The fourth-order valence-electron chi connectivity index (χ4n) is 4.26. The summed E-state index contributed by atoms with van der Waals surface area (Å²) in [4.78, 5) is 37.4. The van der Waals surface area contributed by atoms with Crippen molar-refractivity contribution in [1.29, 1.82) is 0 Å². The topological polar surface area (TPSA) is 99.3 Å². The Hall–Kier alpha value is -4.13. The Morgan fingerprint density at radius 3 is 2.22 bits per heavy atom. The molecular formula is C29H32N4O3. The lowest BCUT2D eigenvalue weighted by Crippen LogP contribution is -2.36. The lowest BCUT2D eigenvalue weighted by Gasteiger charge is -2.22. The molecule has 4 rings (SSSR count). The van der Waals surface area contributed by atoms with Crippen molar-refractivity contribution in [3.8, 4) is 0 Å². The third kappa shape index (κ3) is 7.43. The van der Waals surface area contributed by atoms with Crippen LogP contribution in [0.25, 0.3) is 0 Å². The summed E-state index contributed by atoms with van der Waals surface area (Å²) in [6.45, 7) is 0.486. The normalized spacial score (nSPS) is 13.4. The molecule has 1 aliphatic carbocycles. The largest absolute Gasteiger partial charge is 0.376 e. The van der Waals surface area contributed by atoms with E-state index in [4.69, 9.17) is 0 Å². The Kier molecular flexibility index (Phi) is 8.70. The molecule has 4 N–H and O–H groups in total. The van der Waals surface area contributed by atoms with Gasteiger partial charge in [0.1, 0.15) is 0 Å². The van der Waals surface area contributed by atoms with Gasteiger partial charge < -0.3 is 21.3 Å². The molecule has 186 valence electrons. The molecule has 3 amide bonds. The molecular weight excluding hydrogens is 452 g/mol. The van der Waals surface area contributed by atoms with Gasteiger partial charge in [-0.25, -0.2) is 0 Å². The lowest BCUT2D eigenvalue weighted by atomic mass is 9.95. The minimum absolute atomic E-state index is 0.0407. The van der Waals surface area contributed by atoms with Crippen LogP contribution >= 0.6 is 0 Å². The Labute approximate surface area is 211 Å². The van der Waals surface area contributed by atoms with Crippen molar-refractivity contribution in [2.24, 2.45) is 0 Å².